The van der Waals surface area contributed by atoms with Gasteiger partial charge < -0.3 is 4.74 Å². The van der Waals surface area contributed by atoms with Gasteiger partial charge in [0.2, 0.25) is 0 Å². The third-order valence-electron chi connectivity index (χ3n) is 9.00. The normalized spacial score (nSPS) is 14.4. The van der Waals surface area contributed by atoms with Crippen LogP contribution in [0.3, 0.4) is 0 Å². The number of unbranched alkanes of at least 4 members (excludes halogenated alkanes) is 4. The van der Waals surface area contributed by atoms with Crippen LogP contribution in [0, 0.1) is 0 Å². The highest BCUT2D eigenvalue weighted by molar-refractivity contribution is 7.91. The van der Waals surface area contributed by atoms with Crippen LogP contribution in [0.5, 0.6) is 5.75 Å². The first-order chi connectivity index (χ1) is 23.1. The van der Waals surface area contributed by atoms with E-state index in [0.29, 0.717) is 56.9 Å². The number of hydrogen-bond donors (Lipinski definition) is 0. The molecule has 258 valence electrons. The van der Waals surface area contributed by atoms with Gasteiger partial charge in [-0.15, -0.1) is 11.3 Å². The maximum absolute atomic E-state index is 14.2. The predicted octanol–water partition coefficient (Wildman–Crippen LogP) is 8.59. The van der Waals surface area contributed by atoms with Gasteiger partial charge in [-0.1, -0.05) is 64.2 Å². The number of ketones is 1. The van der Waals surface area contributed by atoms with Gasteiger partial charge in [0.1, 0.15) is 12.4 Å². The molecule has 0 bridgehead atoms. The summed E-state index contributed by atoms with van der Waals surface area (Å²) in [6.45, 7) is 7.75. The van der Waals surface area contributed by atoms with Crippen LogP contribution >= 0.6 is 11.3 Å². The number of carbonyl (C=O) groups is 1. The van der Waals surface area contributed by atoms with Crippen LogP contribution in [0.25, 0.3) is 20.5 Å². The second kappa shape index (κ2) is 16.6. The molecule has 0 radical (unpaired) electrons. The molecular weight excluding hydrogens is 663 g/mol. The number of rotatable bonds is 17. The summed E-state index contributed by atoms with van der Waals surface area (Å²) >= 11 is 1.35. The van der Waals surface area contributed by atoms with Gasteiger partial charge in [-0.05, 0) is 92.9 Å². The van der Waals surface area contributed by atoms with Gasteiger partial charge in [-0.3, -0.25) is 9.69 Å². The van der Waals surface area contributed by atoms with Crippen LogP contribution in [0.2, 0.25) is 0 Å². The molecule has 1 saturated heterocycles. The van der Waals surface area contributed by atoms with E-state index in [1.165, 1.54) is 30.6 Å². The summed E-state index contributed by atoms with van der Waals surface area (Å²) in [5.74, 6) is 0.690. The average Bonchev–Trinajstić information content (AvgIpc) is 3.48. The topological polar surface area (TPSA) is 97.8 Å². The van der Waals surface area contributed by atoms with Crippen molar-refractivity contribution in [3.63, 3.8) is 0 Å². The maximum Gasteiger partial charge on any atom is 0.195 e. The fourth-order valence-corrected chi connectivity index (χ4v) is 10.2. The van der Waals surface area contributed by atoms with Crippen LogP contribution in [0.1, 0.15) is 87.6 Å². The van der Waals surface area contributed by atoms with Crippen molar-refractivity contribution in [1.29, 1.82) is 0 Å². The number of piperidine rings is 1. The average molecular weight is 710 g/mol. The third kappa shape index (κ3) is 8.94. The van der Waals surface area contributed by atoms with Gasteiger partial charge in [0, 0.05) is 32.6 Å². The fraction of sp³-hybridized carbons (Fsp3) is 0.447. The molecule has 0 aliphatic carbocycles. The van der Waals surface area contributed by atoms with Crippen LogP contribution in [0.4, 0.5) is 0 Å². The monoisotopic (exact) mass is 709 g/mol. The van der Waals surface area contributed by atoms with Crippen molar-refractivity contribution in [2.45, 2.75) is 81.4 Å². The third-order valence-corrected chi connectivity index (χ3v) is 13.8. The fourth-order valence-electron chi connectivity index (χ4n) is 6.16. The number of hydrogen-bond acceptors (Lipinski definition) is 8. The highest BCUT2D eigenvalue weighted by Crippen LogP contribution is 2.41. The second-order valence-electron chi connectivity index (χ2n) is 12.6. The highest BCUT2D eigenvalue weighted by atomic mass is 32.2. The van der Waals surface area contributed by atoms with Crippen molar-refractivity contribution in [2.24, 2.45) is 0 Å². The van der Waals surface area contributed by atoms with E-state index in [0.717, 1.165) is 45.3 Å². The van der Waals surface area contributed by atoms with Crippen LogP contribution < -0.4 is 4.74 Å². The summed E-state index contributed by atoms with van der Waals surface area (Å²) in [5.41, 5.74) is 1.67. The standard InChI is InChI=1S/C38H47NO6S3/c1-3-5-10-26-47(41,42)32-18-14-30(15-19-32)38-36(34-21-20-33(28-35(34)46-38)48(43,44)27-11-6-4-2)37(40)29-12-16-31(17-13-29)45-25-24-39-22-8-7-9-23-39/h12-21,28H,3-11,22-27H2,1-2H3. The lowest BCUT2D eigenvalue weighted by Gasteiger charge is -2.26. The molecule has 4 aromatic rings. The van der Waals surface area contributed by atoms with Gasteiger partial charge in [0.25, 0.3) is 0 Å². The van der Waals surface area contributed by atoms with Crippen molar-refractivity contribution in [3.05, 3.63) is 77.9 Å². The Bertz CT molecular complexity index is 1890. The zero-order chi connectivity index (χ0) is 34.1. The Kier molecular flexibility index (Phi) is 12.5. The second-order valence-corrected chi connectivity index (χ2v) is 17.9. The molecule has 48 heavy (non-hydrogen) atoms. The van der Waals surface area contributed by atoms with Crippen molar-refractivity contribution in [3.8, 4) is 16.2 Å². The molecule has 1 aromatic heterocycles. The Morgan fingerprint density at radius 1 is 0.750 bits per heavy atom. The first-order valence-electron chi connectivity index (χ1n) is 17.3. The number of carbonyl (C=O) groups excluding carboxylic acids is 1. The molecule has 1 fully saturated rings. The maximum atomic E-state index is 14.2. The summed E-state index contributed by atoms with van der Waals surface area (Å²) in [5, 5.41) is 0.672. The molecule has 0 atom stereocenters. The summed E-state index contributed by atoms with van der Waals surface area (Å²) < 4.78 is 58.9. The van der Waals surface area contributed by atoms with E-state index in [2.05, 4.69) is 4.90 Å². The quantitative estimate of drug-likeness (QED) is 0.0800. The summed E-state index contributed by atoms with van der Waals surface area (Å²) in [4.78, 5) is 17.8. The smallest absolute Gasteiger partial charge is 0.195 e. The molecule has 5 rings (SSSR count). The lowest BCUT2D eigenvalue weighted by atomic mass is 9.97. The van der Waals surface area contributed by atoms with E-state index >= 15 is 0 Å². The minimum Gasteiger partial charge on any atom is -0.492 e. The van der Waals surface area contributed by atoms with Gasteiger partial charge in [0.15, 0.2) is 25.5 Å². The number of thiophene rings is 1. The Balaban J connectivity index is 1.45. The van der Waals surface area contributed by atoms with E-state index in [9.17, 15) is 21.6 Å². The van der Waals surface area contributed by atoms with Crippen molar-refractivity contribution < 1.29 is 26.4 Å². The molecule has 0 N–H and O–H groups in total. The van der Waals surface area contributed by atoms with Crippen molar-refractivity contribution >= 4 is 46.9 Å². The highest BCUT2D eigenvalue weighted by Gasteiger charge is 2.24. The minimum absolute atomic E-state index is 0.0804. The number of ether oxygens (including phenoxy) is 1. The van der Waals surface area contributed by atoms with E-state index < -0.39 is 19.7 Å². The largest absolute Gasteiger partial charge is 0.492 e. The number of sulfone groups is 2. The molecule has 3 aromatic carbocycles. The molecule has 0 unspecified atom stereocenters. The summed E-state index contributed by atoms with van der Waals surface area (Å²) in [6, 6.07) is 18.9. The number of likely N-dealkylation sites (tertiary alicyclic amines) is 1. The molecule has 0 amide bonds. The molecule has 1 aliphatic heterocycles. The van der Waals surface area contributed by atoms with E-state index in [4.69, 9.17) is 4.74 Å². The lowest BCUT2D eigenvalue weighted by Crippen LogP contribution is -2.33. The number of nitrogens with zero attached hydrogens (tertiary/aromatic N) is 1. The number of fused-ring (bicyclic) bond motifs is 1. The van der Waals surface area contributed by atoms with Crippen LogP contribution in [-0.4, -0.2) is 65.3 Å². The molecule has 0 saturated carbocycles. The van der Waals surface area contributed by atoms with Gasteiger partial charge in [0.05, 0.1) is 21.3 Å². The molecule has 1 aliphatic rings. The molecular formula is C38H47NO6S3. The Morgan fingerprint density at radius 3 is 1.98 bits per heavy atom. The summed E-state index contributed by atoms with van der Waals surface area (Å²) in [7, 11) is -6.90. The Morgan fingerprint density at radius 2 is 1.35 bits per heavy atom. The Labute approximate surface area is 290 Å². The zero-order valence-electron chi connectivity index (χ0n) is 28.1. The minimum atomic E-state index is -3.48. The van der Waals surface area contributed by atoms with Crippen molar-refractivity contribution in [2.75, 3.05) is 37.7 Å². The van der Waals surface area contributed by atoms with Gasteiger partial charge in [-0.2, -0.15) is 0 Å². The zero-order valence-corrected chi connectivity index (χ0v) is 30.5. The number of benzene rings is 3. The van der Waals surface area contributed by atoms with E-state index in [-0.39, 0.29) is 27.1 Å². The van der Waals surface area contributed by atoms with E-state index in [1.807, 2.05) is 26.0 Å². The SMILES string of the molecule is CCCCCS(=O)(=O)c1ccc(-c2sc3cc(S(=O)(=O)CCCCC)ccc3c2C(=O)c2ccc(OCCN3CCCCC3)cc2)cc1. The molecule has 7 nitrogen and oxygen atoms in total. The van der Waals surface area contributed by atoms with Crippen molar-refractivity contribution in [1.82, 2.24) is 4.90 Å². The van der Waals surface area contributed by atoms with Crippen LogP contribution in [0.15, 0.2) is 76.5 Å². The Hall–Kier alpha value is -3.05. The van der Waals surface area contributed by atoms with E-state index in [1.54, 1.807) is 54.6 Å². The first-order valence-corrected chi connectivity index (χ1v) is 21.4. The van der Waals surface area contributed by atoms with Crippen LogP contribution in [-0.2, 0) is 19.7 Å². The molecule has 2 heterocycles. The lowest BCUT2D eigenvalue weighted by molar-refractivity contribution is 0.104. The summed E-state index contributed by atoms with van der Waals surface area (Å²) in [6.07, 6.45) is 8.53. The first kappa shape index (κ1) is 36.2. The molecule has 10 heteroatoms. The molecule has 0 spiro atoms. The predicted molar refractivity (Wildman–Crippen MR) is 196 cm³/mol. The van der Waals surface area contributed by atoms with Gasteiger partial charge >= 0.3 is 0 Å². The van der Waals surface area contributed by atoms with Gasteiger partial charge in [-0.25, -0.2) is 16.8 Å².